The molecule has 0 aromatic carbocycles. The summed E-state index contributed by atoms with van der Waals surface area (Å²) in [5, 5.41) is 9.04. The summed E-state index contributed by atoms with van der Waals surface area (Å²) in [6.45, 7) is 5.34. The average molecular weight is 330 g/mol. The lowest BCUT2D eigenvalue weighted by atomic mass is 10.1. The number of carbonyl (C=O) groups is 1. The van der Waals surface area contributed by atoms with E-state index < -0.39 is 11.8 Å². The zero-order valence-electron chi connectivity index (χ0n) is 15.4. The lowest BCUT2D eigenvalue weighted by Gasteiger charge is -2.33. The Kier molecular flexibility index (Phi) is 13.4. The molecule has 0 atom stereocenters. The standard InChI is InChI=1S/C18H39N3O2/c1-3-5-6-7-8-9-10-11-12-13-14-15-16-21(4-2)18(19,20)17(22)23/h3-16,19-20H2,1-2H3,(H,22,23). The first-order valence-electron chi connectivity index (χ1n) is 9.53. The molecule has 0 heterocycles. The van der Waals surface area contributed by atoms with Gasteiger partial charge in [-0.1, -0.05) is 84.5 Å². The minimum Gasteiger partial charge on any atom is -0.478 e. The zero-order valence-corrected chi connectivity index (χ0v) is 15.4. The van der Waals surface area contributed by atoms with Gasteiger partial charge in [-0.25, -0.2) is 4.79 Å². The Bertz CT molecular complexity index is 296. The monoisotopic (exact) mass is 329 g/mol. The van der Waals surface area contributed by atoms with E-state index in [0.29, 0.717) is 13.1 Å². The molecule has 5 N–H and O–H groups in total. The van der Waals surface area contributed by atoms with Gasteiger partial charge in [-0.15, -0.1) is 0 Å². The van der Waals surface area contributed by atoms with Gasteiger partial charge < -0.3 is 5.11 Å². The molecular weight excluding hydrogens is 290 g/mol. The summed E-state index contributed by atoms with van der Waals surface area (Å²) in [7, 11) is 0. The molecule has 0 amide bonds. The van der Waals surface area contributed by atoms with E-state index in [1.807, 2.05) is 6.92 Å². The third kappa shape index (κ3) is 10.7. The minimum absolute atomic E-state index is 0.553. The summed E-state index contributed by atoms with van der Waals surface area (Å²) < 4.78 is 0. The molecule has 0 spiro atoms. The highest BCUT2D eigenvalue weighted by atomic mass is 16.4. The van der Waals surface area contributed by atoms with Crippen LogP contribution in [-0.2, 0) is 4.79 Å². The Balaban J connectivity index is 3.49. The maximum absolute atomic E-state index is 11.0. The van der Waals surface area contributed by atoms with E-state index in [0.717, 1.165) is 12.8 Å². The Morgan fingerprint density at radius 2 is 1.22 bits per heavy atom. The van der Waals surface area contributed by atoms with Crippen molar-refractivity contribution >= 4 is 5.97 Å². The molecule has 0 radical (unpaired) electrons. The lowest BCUT2D eigenvalue weighted by Crippen LogP contribution is -2.68. The second-order valence-corrected chi connectivity index (χ2v) is 6.60. The number of hydrogen-bond donors (Lipinski definition) is 3. The second kappa shape index (κ2) is 13.8. The highest BCUT2D eigenvalue weighted by Crippen LogP contribution is 2.12. The highest BCUT2D eigenvalue weighted by Gasteiger charge is 2.34. The predicted molar refractivity (Wildman–Crippen MR) is 97.1 cm³/mol. The third-order valence-corrected chi connectivity index (χ3v) is 4.53. The van der Waals surface area contributed by atoms with E-state index in [1.54, 1.807) is 4.90 Å². The third-order valence-electron chi connectivity index (χ3n) is 4.53. The highest BCUT2D eigenvalue weighted by molar-refractivity contribution is 5.76. The largest absolute Gasteiger partial charge is 0.478 e. The first-order valence-corrected chi connectivity index (χ1v) is 9.53. The minimum atomic E-state index is -1.74. The van der Waals surface area contributed by atoms with Crippen LogP contribution in [0.25, 0.3) is 0 Å². The van der Waals surface area contributed by atoms with Gasteiger partial charge in [0.1, 0.15) is 0 Å². The van der Waals surface area contributed by atoms with Gasteiger partial charge in [0.05, 0.1) is 0 Å². The molecule has 0 unspecified atom stereocenters. The number of nitrogens with two attached hydrogens (primary N) is 2. The summed E-state index contributed by atoms with van der Waals surface area (Å²) in [6.07, 6.45) is 15.5. The molecule has 0 bridgehead atoms. The van der Waals surface area contributed by atoms with Gasteiger partial charge >= 0.3 is 5.97 Å². The molecule has 5 nitrogen and oxygen atoms in total. The van der Waals surface area contributed by atoms with Crippen molar-refractivity contribution in [2.45, 2.75) is 96.7 Å². The van der Waals surface area contributed by atoms with Gasteiger partial charge in [0, 0.05) is 6.54 Å². The Morgan fingerprint density at radius 1 is 0.826 bits per heavy atom. The molecule has 0 saturated carbocycles. The van der Waals surface area contributed by atoms with E-state index in [4.69, 9.17) is 16.6 Å². The van der Waals surface area contributed by atoms with Crippen molar-refractivity contribution in [3.8, 4) is 0 Å². The molecule has 23 heavy (non-hydrogen) atoms. The van der Waals surface area contributed by atoms with E-state index in [2.05, 4.69) is 6.92 Å². The molecule has 0 saturated heterocycles. The maximum Gasteiger partial charge on any atom is 0.354 e. The van der Waals surface area contributed by atoms with Crippen LogP contribution in [0, 0.1) is 0 Å². The van der Waals surface area contributed by atoms with Crippen molar-refractivity contribution in [3.63, 3.8) is 0 Å². The summed E-state index contributed by atoms with van der Waals surface area (Å²) in [5.74, 6) is -2.91. The summed E-state index contributed by atoms with van der Waals surface area (Å²) in [6, 6.07) is 0. The fraction of sp³-hybridized carbons (Fsp3) is 0.944. The van der Waals surface area contributed by atoms with Crippen molar-refractivity contribution in [1.82, 2.24) is 4.90 Å². The van der Waals surface area contributed by atoms with Crippen molar-refractivity contribution in [1.29, 1.82) is 0 Å². The van der Waals surface area contributed by atoms with Crippen LogP contribution in [0.1, 0.15) is 90.9 Å². The average Bonchev–Trinajstić information content (AvgIpc) is 2.51. The second-order valence-electron chi connectivity index (χ2n) is 6.60. The smallest absolute Gasteiger partial charge is 0.354 e. The van der Waals surface area contributed by atoms with E-state index in [9.17, 15) is 4.79 Å². The van der Waals surface area contributed by atoms with Crippen LogP contribution in [-0.4, -0.2) is 34.9 Å². The van der Waals surface area contributed by atoms with Crippen molar-refractivity contribution < 1.29 is 9.90 Å². The van der Waals surface area contributed by atoms with Gasteiger partial charge in [0.15, 0.2) is 0 Å². The van der Waals surface area contributed by atoms with Crippen LogP contribution >= 0.6 is 0 Å². The van der Waals surface area contributed by atoms with E-state index >= 15 is 0 Å². The number of likely N-dealkylation sites (N-methyl/N-ethyl adjacent to an activating group) is 1. The first kappa shape index (κ1) is 22.4. The predicted octanol–water partition coefficient (Wildman–Crippen LogP) is 3.67. The SMILES string of the molecule is CCCCCCCCCCCCCCN(CC)C(N)(N)C(=O)O. The fourth-order valence-electron chi connectivity index (χ4n) is 2.88. The van der Waals surface area contributed by atoms with Gasteiger partial charge in [0.2, 0.25) is 5.79 Å². The normalized spacial score (nSPS) is 12.0. The maximum atomic E-state index is 11.0. The summed E-state index contributed by atoms with van der Waals surface area (Å²) >= 11 is 0. The van der Waals surface area contributed by atoms with Crippen LogP contribution < -0.4 is 11.5 Å². The van der Waals surface area contributed by atoms with Crippen LogP contribution in [0.2, 0.25) is 0 Å². The van der Waals surface area contributed by atoms with Gasteiger partial charge in [-0.2, -0.15) is 0 Å². The molecule has 0 aliphatic rings. The molecule has 5 heteroatoms. The lowest BCUT2D eigenvalue weighted by molar-refractivity contribution is -0.151. The molecule has 0 fully saturated rings. The number of hydrogen-bond acceptors (Lipinski definition) is 4. The zero-order chi connectivity index (χ0) is 17.6. The number of rotatable bonds is 16. The van der Waals surface area contributed by atoms with Crippen molar-refractivity contribution in [2.75, 3.05) is 13.1 Å². The molecule has 0 aromatic heterocycles. The first-order chi connectivity index (χ1) is 11.0. The number of carboxylic acids is 1. The van der Waals surface area contributed by atoms with Gasteiger partial charge in [-0.05, 0) is 13.0 Å². The molecule has 0 aromatic rings. The van der Waals surface area contributed by atoms with Gasteiger partial charge in [-0.3, -0.25) is 16.4 Å². The van der Waals surface area contributed by atoms with Crippen LogP contribution in [0.5, 0.6) is 0 Å². The van der Waals surface area contributed by atoms with Crippen LogP contribution in [0.4, 0.5) is 0 Å². The van der Waals surface area contributed by atoms with Crippen molar-refractivity contribution in [3.05, 3.63) is 0 Å². The number of carboxylic acid groups (broad SMARTS) is 1. The Morgan fingerprint density at radius 3 is 1.57 bits per heavy atom. The van der Waals surface area contributed by atoms with Crippen molar-refractivity contribution in [2.24, 2.45) is 11.5 Å². The van der Waals surface area contributed by atoms with E-state index in [-0.39, 0.29) is 0 Å². The Hall–Kier alpha value is -0.650. The number of unbranched alkanes of at least 4 members (excludes halogenated alkanes) is 11. The molecule has 0 aliphatic carbocycles. The molecule has 0 rings (SSSR count). The topological polar surface area (TPSA) is 92.6 Å². The summed E-state index contributed by atoms with van der Waals surface area (Å²) in [4.78, 5) is 12.7. The number of aliphatic carboxylic acids is 1. The number of nitrogens with zero attached hydrogens (tertiary/aromatic N) is 1. The van der Waals surface area contributed by atoms with Crippen LogP contribution in [0.15, 0.2) is 0 Å². The van der Waals surface area contributed by atoms with Gasteiger partial charge in [0.25, 0.3) is 0 Å². The van der Waals surface area contributed by atoms with Crippen LogP contribution in [0.3, 0.4) is 0 Å². The molecular formula is C18H39N3O2. The Labute approximate surface area is 142 Å². The quantitative estimate of drug-likeness (QED) is 0.297. The van der Waals surface area contributed by atoms with E-state index in [1.165, 1.54) is 64.2 Å². The molecule has 138 valence electrons. The molecule has 0 aliphatic heterocycles. The summed E-state index contributed by atoms with van der Waals surface area (Å²) in [5.41, 5.74) is 11.3. The fourth-order valence-corrected chi connectivity index (χ4v) is 2.88.